The monoisotopic (exact) mass is 446 g/mol. The van der Waals surface area contributed by atoms with Crippen molar-refractivity contribution in [3.63, 3.8) is 0 Å². The Labute approximate surface area is 187 Å². The molecule has 3 nitrogen and oxygen atoms in total. The van der Waals surface area contributed by atoms with Crippen LogP contribution in [-0.2, 0) is 4.89 Å². The second-order valence-corrected chi connectivity index (χ2v) is 7.73. The normalized spacial score (nSPS) is 12.9. The maximum absolute atomic E-state index is 14.5. The van der Waals surface area contributed by atoms with E-state index in [2.05, 4.69) is 4.89 Å². The average Bonchev–Trinajstić information content (AvgIpc) is 2.75. The van der Waals surface area contributed by atoms with Crippen LogP contribution in [0.2, 0.25) is 0 Å². The lowest BCUT2D eigenvalue weighted by molar-refractivity contribution is -0.232. The highest BCUT2D eigenvalue weighted by molar-refractivity contribution is 5.78. The van der Waals surface area contributed by atoms with E-state index in [9.17, 15) is 13.2 Å². The zero-order valence-corrected chi connectivity index (χ0v) is 18.7. The minimum absolute atomic E-state index is 0.0276. The number of ether oxygens (including phenoxy) is 1. The summed E-state index contributed by atoms with van der Waals surface area (Å²) in [7, 11) is 0. The van der Waals surface area contributed by atoms with Crippen molar-refractivity contribution in [1.29, 1.82) is 0 Å². The van der Waals surface area contributed by atoms with Gasteiger partial charge < -0.3 is 4.74 Å². The number of benzene rings is 2. The quantitative estimate of drug-likeness (QED) is 0.231. The molecule has 172 valence electrons. The molecule has 2 aromatic rings. The Morgan fingerprint density at radius 1 is 1.12 bits per heavy atom. The lowest BCUT2D eigenvalue weighted by atomic mass is 9.90. The molecule has 0 aliphatic carbocycles. The van der Waals surface area contributed by atoms with Gasteiger partial charge in [0, 0.05) is 11.1 Å². The Kier molecular flexibility index (Phi) is 9.75. The van der Waals surface area contributed by atoms with E-state index >= 15 is 0 Å². The van der Waals surface area contributed by atoms with Crippen LogP contribution in [0.15, 0.2) is 66.3 Å². The van der Waals surface area contributed by atoms with E-state index in [0.717, 1.165) is 16.7 Å². The molecule has 0 radical (unpaired) electrons. The van der Waals surface area contributed by atoms with E-state index in [0.29, 0.717) is 22.4 Å². The molecule has 0 aliphatic heterocycles. The molecule has 0 aromatic heterocycles. The Balaban J connectivity index is 2.61. The highest BCUT2D eigenvalue weighted by Crippen LogP contribution is 2.39. The second kappa shape index (κ2) is 12.3. The van der Waals surface area contributed by atoms with Gasteiger partial charge in [-0.2, -0.15) is 0 Å². The molecule has 0 atom stereocenters. The number of alkyl halides is 2. The summed E-state index contributed by atoms with van der Waals surface area (Å²) in [5, 5.41) is 8.43. The van der Waals surface area contributed by atoms with Crippen LogP contribution >= 0.6 is 0 Å². The fourth-order valence-corrected chi connectivity index (χ4v) is 3.20. The van der Waals surface area contributed by atoms with Crippen LogP contribution in [0.1, 0.15) is 44.7 Å². The third-order valence-electron chi connectivity index (χ3n) is 4.89. The summed E-state index contributed by atoms with van der Waals surface area (Å²) < 4.78 is 45.9. The molecular weight excluding hydrogens is 417 g/mol. The molecule has 0 bridgehead atoms. The first-order valence-corrected chi connectivity index (χ1v) is 10.4. The standard InChI is InChI=1S/C26H29F3O3/c1-17(2)22-14-20(21-10-5-6-11-24(21)27)15-23(26(22)31-16-25(28)29)19(4)9-7-8-18(3)12-13-32-30/h5-12,14-15,17,25,30H,13,16H2,1-4H3/b8-7+,18-12+,19-9-. The molecule has 1 N–H and O–H groups in total. The summed E-state index contributed by atoms with van der Waals surface area (Å²) in [6.07, 6.45) is 4.55. The fraction of sp³-hybridized carbons (Fsp3) is 0.308. The smallest absolute Gasteiger partial charge is 0.272 e. The first-order valence-electron chi connectivity index (χ1n) is 10.4. The summed E-state index contributed by atoms with van der Waals surface area (Å²) in [6.45, 7) is 6.93. The number of halogens is 3. The summed E-state index contributed by atoms with van der Waals surface area (Å²) >= 11 is 0. The number of rotatable bonds is 10. The van der Waals surface area contributed by atoms with Gasteiger partial charge in [-0.3, -0.25) is 5.26 Å². The van der Waals surface area contributed by atoms with Gasteiger partial charge in [-0.05, 0) is 54.7 Å². The molecule has 0 unspecified atom stereocenters. The third kappa shape index (κ3) is 7.11. The van der Waals surface area contributed by atoms with Gasteiger partial charge in [-0.25, -0.2) is 18.1 Å². The van der Waals surface area contributed by atoms with Crippen molar-refractivity contribution < 1.29 is 28.1 Å². The maximum Gasteiger partial charge on any atom is 0.272 e. The van der Waals surface area contributed by atoms with Gasteiger partial charge in [-0.15, -0.1) is 0 Å². The number of hydrogen-bond acceptors (Lipinski definition) is 3. The van der Waals surface area contributed by atoms with E-state index in [1.165, 1.54) is 6.07 Å². The van der Waals surface area contributed by atoms with Gasteiger partial charge in [0.05, 0.1) is 0 Å². The maximum atomic E-state index is 14.5. The van der Waals surface area contributed by atoms with Crippen molar-refractivity contribution in [1.82, 2.24) is 0 Å². The molecule has 0 fully saturated rings. The first-order chi connectivity index (χ1) is 15.2. The molecule has 0 spiro atoms. The van der Waals surface area contributed by atoms with Gasteiger partial charge in [0.2, 0.25) is 0 Å². The van der Waals surface area contributed by atoms with Crippen molar-refractivity contribution in [3.05, 3.63) is 83.2 Å². The number of hydrogen-bond donors (Lipinski definition) is 1. The average molecular weight is 447 g/mol. The zero-order chi connectivity index (χ0) is 23.7. The van der Waals surface area contributed by atoms with E-state index in [4.69, 9.17) is 9.99 Å². The van der Waals surface area contributed by atoms with Crippen LogP contribution in [0.25, 0.3) is 16.7 Å². The van der Waals surface area contributed by atoms with Crippen molar-refractivity contribution in [2.75, 3.05) is 13.2 Å². The predicted molar refractivity (Wildman–Crippen MR) is 123 cm³/mol. The lowest BCUT2D eigenvalue weighted by Crippen LogP contribution is -2.11. The highest BCUT2D eigenvalue weighted by atomic mass is 19.3. The minimum Gasteiger partial charge on any atom is -0.487 e. The molecule has 2 aromatic carbocycles. The largest absolute Gasteiger partial charge is 0.487 e. The van der Waals surface area contributed by atoms with Gasteiger partial charge in [0.15, 0.2) is 0 Å². The van der Waals surface area contributed by atoms with Crippen molar-refractivity contribution in [2.24, 2.45) is 0 Å². The predicted octanol–water partition coefficient (Wildman–Crippen LogP) is 7.66. The van der Waals surface area contributed by atoms with Crippen LogP contribution in [0.5, 0.6) is 5.75 Å². The van der Waals surface area contributed by atoms with Crippen LogP contribution in [0.4, 0.5) is 13.2 Å². The van der Waals surface area contributed by atoms with Crippen molar-refractivity contribution in [3.8, 4) is 16.9 Å². The van der Waals surface area contributed by atoms with E-state index in [1.807, 2.05) is 39.8 Å². The molecule has 6 heteroatoms. The summed E-state index contributed by atoms with van der Waals surface area (Å²) in [4.78, 5) is 4.04. The Hall–Kier alpha value is -2.83. The van der Waals surface area contributed by atoms with E-state index in [1.54, 1.807) is 42.5 Å². The van der Waals surface area contributed by atoms with Gasteiger partial charge in [0.1, 0.15) is 24.8 Å². The fourth-order valence-electron chi connectivity index (χ4n) is 3.20. The molecular formula is C26H29F3O3. The SMILES string of the molecule is C/C(=C/C=C/C(C)=C/COO)c1cc(-c2ccccc2F)cc(C(C)C)c1OCC(F)F. The van der Waals surface area contributed by atoms with Crippen molar-refractivity contribution >= 4 is 5.57 Å². The minimum atomic E-state index is -2.61. The second-order valence-electron chi connectivity index (χ2n) is 7.73. The topological polar surface area (TPSA) is 38.7 Å². The first kappa shape index (κ1) is 25.4. The molecule has 0 heterocycles. The molecule has 0 saturated heterocycles. The molecule has 2 rings (SSSR count). The van der Waals surface area contributed by atoms with Crippen molar-refractivity contribution in [2.45, 2.75) is 40.0 Å². The zero-order valence-electron chi connectivity index (χ0n) is 18.7. The molecule has 32 heavy (non-hydrogen) atoms. The summed E-state index contributed by atoms with van der Waals surface area (Å²) in [6, 6.07) is 10.0. The summed E-state index contributed by atoms with van der Waals surface area (Å²) in [5.41, 5.74) is 4.09. The van der Waals surface area contributed by atoms with Crippen LogP contribution in [0, 0.1) is 5.82 Å². The lowest BCUT2D eigenvalue weighted by Gasteiger charge is -2.21. The van der Waals surface area contributed by atoms with Crippen LogP contribution in [0.3, 0.4) is 0 Å². The Morgan fingerprint density at radius 3 is 2.47 bits per heavy atom. The third-order valence-corrected chi connectivity index (χ3v) is 4.89. The Bertz CT molecular complexity index is 992. The van der Waals surface area contributed by atoms with Gasteiger partial charge in [0.25, 0.3) is 6.43 Å². The van der Waals surface area contributed by atoms with E-state index < -0.39 is 13.0 Å². The van der Waals surface area contributed by atoms with Crippen LogP contribution < -0.4 is 4.74 Å². The number of allylic oxidation sites excluding steroid dienone is 5. The van der Waals surface area contributed by atoms with Gasteiger partial charge >= 0.3 is 0 Å². The highest BCUT2D eigenvalue weighted by Gasteiger charge is 2.19. The summed E-state index contributed by atoms with van der Waals surface area (Å²) in [5.74, 6) is -0.00794. The van der Waals surface area contributed by atoms with Gasteiger partial charge in [-0.1, -0.05) is 61.9 Å². The van der Waals surface area contributed by atoms with E-state index in [-0.39, 0.29) is 18.3 Å². The van der Waals surface area contributed by atoms with Crippen LogP contribution in [-0.4, -0.2) is 24.9 Å². The molecule has 0 aliphatic rings. The Morgan fingerprint density at radius 2 is 1.84 bits per heavy atom. The molecule has 0 saturated carbocycles. The molecule has 0 amide bonds.